The van der Waals surface area contributed by atoms with Crippen LogP contribution in [0.5, 0.6) is 0 Å². The van der Waals surface area contributed by atoms with E-state index >= 15 is 0 Å². The number of rotatable bonds is 6. The van der Waals surface area contributed by atoms with Crippen LogP contribution in [0.3, 0.4) is 0 Å². The Morgan fingerprint density at radius 3 is 2.56 bits per heavy atom. The molecular weight excluding hydrogens is 226 g/mol. The lowest BCUT2D eigenvalue weighted by molar-refractivity contribution is -0.148. The first kappa shape index (κ1) is 15.5. The van der Waals surface area contributed by atoms with E-state index in [1.807, 2.05) is 0 Å². The van der Waals surface area contributed by atoms with Crippen molar-refractivity contribution in [3.63, 3.8) is 0 Å². The minimum Gasteiger partial charge on any atom is -0.481 e. The molecule has 1 rings (SSSR count). The lowest BCUT2D eigenvalue weighted by atomic mass is 9.83. The molecule has 1 N–H and O–H groups in total. The van der Waals surface area contributed by atoms with E-state index in [-0.39, 0.29) is 0 Å². The highest BCUT2D eigenvalue weighted by Gasteiger charge is 2.43. The molecule has 1 saturated heterocycles. The van der Waals surface area contributed by atoms with E-state index in [2.05, 4.69) is 32.6 Å². The van der Waals surface area contributed by atoms with Crippen molar-refractivity contribution < 1.29 is 9.90 Å². The van der Waals surface area contributed by atoms with Crippen molar-refractivity contribution in [3.8, 4) is 0 Å². The van der Waals surface area contributed by atoms with Gasteiger partial charge in [-0.25, -0.2) is 0 Å². The van der Waals surface area contributed by atoms with Gasteiger partial charge in [-0.05, 0) is 44.2 Å². The van der Waals surface area contributed by atoms with Gasteiger partial charge in [0.2, 0.25) is 0 Å². The second-order valence-corrected chi connectivity index (χ2v) is 7.03. The molecule has 1 aliphatic heterocycles. The summed E-state index contributed by atoms with van der Waals surface area (Å²) in [5.41, 5.74) is -0.0798. The lowest BCUT2D eigenvalue weighted by Crippen LogP contribution is -2.35. The molecule has 0 saturated carbocycles. The summed E-state index contributed by atoms with van der Waals surface area (Å²) in [6, 6.07) is 0. The van der Waals surface area contributed by atoms with E-state index in [0.717, 1.165) is 38.9 Å². The van der Waals surface area contributed by atoms with Gasteiger partial charge in [0.25, 0.3) is 0 Å². The van der Waals surface area contributed by atoms with Crippen LogP contribution in [0.15, 0.2) is 0 Å². The lowest BCUT2D eigenvalue weighted by Gasteiger charge is -2.25. The number of hydrogen-bond donors (Lipinski definition) is 1. The molecule has 3 heteroatoms. The highest BCUT2D eigenvalue weighted by Crippen LogP contribution is 2.35. The molecule has 0 amide bonds. The van der Waals surface area contributed by atoms with Crippen LogP contribution in [0.1, 0.15) is 59.8 Å². The molecule has 0 spiro atoms. The van der Waals surface area contributed by atoms with Gasteiger partial charge in [0, 0.05) is 6.54 Å². The Hall–Kier alpha value is -0.570. The van der Waals surface area contributed by atoms with Gasteiger partial charge >= 0.3 is 5.97 Å². The maximum absolute atomic E-state index is 11.5. The Balaban J connectivity index is 2.42. The Labute approximate surface area is 112 Å². The standard InChI is InChI=1S/C15H29NO2/c1-5-7-15(13(17)18)9-11-16(12-15)10-6-8-14(2,3)4/h5-12H2,1-4H3,(H,17,18). The topological polar surface area (TPSA) is 40.5 Å². The Morgan fingerprint density at radius 2 is 2.06 bits per heavy atom. The third-order valence-electron chi connectivity index (χ3n) is 4.02. The van der Waals surface area contributed by atoms with Crippen molar-refractivity contribution in [2.24, 2.45) is 10.8 Å². The molecule has 1 fully saturated rings. The van der Waals surface area contributed by atoms with Gasteiger partial charge in [-0.15, -0.1) is 0 Å². The van der Waals surface area contributed by atoms with Crippen LogP contribution in [-0.2, 0) is 4.79 Å². The van der Waals surface area contributed by atoms with Gasteiger partial charge in [-0.1, -0.05) is 34.1 Å². The molecule has 0 aromatic rings. The predicted octanol–water partition coefficient (Wildman–Crippen LogP) is 3.39. The number of aliphatic carboxylic acids is 1. The van der Waals surface area contributed by atoms with E-state index in [0.29, 0.717) is 5.41 Å². The van der Waals surface area contributed by atoms with Gasteiger partial charge in [0.15, 0.2) is 0 Å². The molecule has 0 aromatic heterocycles. The first-order chi connectivity index (χ1) is 8.29. The van der Waals surface area contributed by atoms with E-state index in [1.165, 1.54) is 12.8 Å². The highest BCUT2D eigenvalue weighted by molar-refractivity contribution is 5.75. The Bertz CT molecular complexity index is 283. The zero-order valence-corrected chi connectivity index (χ0v) is 12.5. The molecule has 1 atom stereocenters. The molecule has 0 bridgehead atoms. The van der Waals surface area contributed by atoms with Crippen molar-refractivity contribution in [1.82, 2.24) is 4.90 Å². The molecule has 18 heavy (non-hydrogen) atoms. The first-order valence-electron chi connectivity index (χ1n) is 7.25. The predicted molar refractivity (Wildman–Crippen MR) is 74.7 cm³/mol. The number of hydrogen-bond acceptors (Lipinski definition) is 2. The van der Waals surface area contributed by atoms with Crippen LogP contribution >= 0.6 is 0 Å². The van der Waals surface area contributed by atoms with Crippen LogP contribution in [-0.4, -0.2) is 35.6 Å². The SMILES string of the molecule is CCCC1(C(=O)O)CCN(CCCC(C)(C)C)C1. The molecule has 0 aromatic carbocycles. The maximum atomic E-state index is 11.5. The third kappa shape index (κ3) is 4.27. The fourth-order valence-corrected chi connectivity index (χ4v) is 2.95. The zero-order chi connectivity index (χ0) is 13.8. The molecule has 3 nitrogen and oxygen atoms in total. The molecule has 0 aliphatic carbocycles. The second-order valence-electron chi connectivity index (χ2n) is 7.03. The molecule has 1 unspecified atom stereocenters. The number of carboxylic acid groups (broad SMARTS) is 1. The van der Waals surface area contributed by atoms with Crippen molar-refractivity contribution >= 4 is 5.97 Å². The van der Waals surface area contributed by atoms with E-state index < -0.39 is 11.4 Å². The van der Waals surface area contributed by atoms with Gasteiger partial charge in [0.05, 0.1) is 5.41 Å². The summed E-state index contributed by atoms with van der Waals surface area (Å²) in [5.74, 6) is -0.595. The molecular formula is C15H29NO2. The Morgan fingerprint density at radius 1 is 1.39 bits per heavy atom. The van der Waals surface area contributed by atoms with Crippen molar-refractivity contribution in [3.05, 3.63) is 0 Å². The van der Waals surface area contributed by atoms with Crippen LogP contribution < -0.4 is 0 Å². The smallest absolute Gasteiger partial charge is 0.310 e. The average Bonchev–Trinajstić information content (AvgIpc) is 2.61. The van der Waals surface area contributed by atoms with Crippen molar-refractivity contribution in [2.75, 3.05) is 19.6 Å². The summed E-state index contributed by atoms with van der Waals surface area (Å²) in [5, 5.41) is 9.44. The largest absolute Gasteiger partial charge is 0.481 e. The Kier molecular flexibility index (Phi) is 5.20. The summed E-state index contributed by atoms with van der Waals surface area (Å²) >= 11 is 0. The average molecular weight is 255 g/mol. The van der Waals surface area contributed by atoms with E-state index in [4.69, 9.17) is 0 Å². The second kappa shape index (κ2) is 6.05. The number of carbonyl (C=O) groups is 1. The summed E-state index contributed by atoms with van der Waals surface area (Å²) in [7, 11) is 0. The number of nitrogens with zero attached hydrogens (tertiary/aromatic N) is 1. The number of carboxylic acids is 1. The molecule has 106 valence electrons. The van der Waals surface area contributed by atoms with Crippen molar-refractivity contribution in [1.29, 1.82) is 0 Å². The van der Waals surface area contributed by atoms with Gasteiger partial charge in [0.1, 0.15) is 0 Å². The molecule has 1 aliphatic rings. The first-order valence-corrected chi connectivity index (χ1v) is 7.25. The quantitative estimate of drug-likeness (QED) is 0.791. The monoisotopic (exact) mass is 255 g/mol. The number of likely N-dealkylation sites (tertiary alicyclic amines) is 1. The van der Waals surface area contributed by atoms with E-state index in [9.17, 15) is 9.90 Å². The summed E-state index contributed by atoms with van der Waals surface area (Å²) < 4.78 is 0. The minimum absolute atomic E-state index is 0.382. The fourth-order valence-electron chi connectivity index (χ4n) is 2.95. The van der Waals surface area contributed by atoms with Crippen LogP contribution in [0, 0.1) is 10.8 Å². The summed E-state index contributed by atoms with van der Waals surface area (Å²) in [6.07, 6.45) is 4.98. The van der Waals surface area contributed by atoms with Gasteiger partial charge in [-0.3, -0.25) is 4.79 Å². The normalized spacial score (nSPS) is 25.6. The molecule has 1 heterocycles. The molecule has 0 radical (unpaired) electrons. The third-order valence-corrected chi connectivity index (χ3v) is 4.02. The van der Waals surface area contributed by atoms with Crippen LogP contribution in [0.25, 0.3) is 0 Å². The van der Waals surface area contributed by atoms with Gasteiger partial charge in [-0.2, -0.15) is 0 Å². The zero-order valence-electron chi connectivity index (χ0n) is 12.5. The fraction of sp³-hybridized carbons (Fsp3) is 0.933. The maximum Gasteiger partial charge on any atom is 0.310 e. The summed E-state index contributed by atoms with van der Waals surface area (Å²) in [4.78, 5) is 13.8. The van der Waals surface area contributed by atoms with Crippen LogP contribution in [0.2, 0.25) is 0 Å². The van der Waals surface area contributed by atoms with E-state index in [1.54, 1.807) is 0 Å². The van der Waals surface area contributed by atoms with Crippen LogP contribution in [0.4, 0.5) is 0 Å². The van der Waals surface area contributed by atoms with Gasteiger partial charge < -0.3 is 10.0 Å². The minimum atomic E-state index is -0.595. The summed E-state index contributed by atoms with van der Waals surface area (Å²) in [6.45, 7) is 11.6. The van der Waals surface area contributed by atoms with Crippen molar-refractivity contribution in [2.45, 2.75) is 59.8 Å². The highest BCUT2D eigenvalue weighted by atomic mass is 16.4.